The van der Waals surface area contributed by atoms with Crippen LogP contribution in [0.2, 0.25) is 0 Å². The predicted octanol–water partition coefficient (Wildman–Crippen LogP) is 16.0. The average molecular weight is 839 g/mol. The van der Waals surface area contributed by atoms with E-state index in [0.29, 0.717) is 5.41 Å². The summed E-state index contributed by atoms with van der Waals surface area (Å²) in [6.07, 6.45) is 13.9. The molecule has 5 aliphatic carbocycles. The highest BCUT2D eigenvalue weighted by atomic mass is 16.5. The third-order valence-electron chi connectivity index (χ3n) is 16.0. The summed E-state index contributed by atoms with van der Waals surface area (Å²) in [5.74, 6) is 3.82. The fraction of sp³-hybridized carbons (Fsp3) is 0.194. The summed E-state index contributed by atoms with van der Waals surface area (Å²) in [7, 11) is 0. The largest absolute Gasteiger partial charge is 0.485 e. The maximum Gasteiger partial charge on any atom is 0.130 e. The third kappa shape index (κ3) is 5.94. The normalized spacial score (nSPS) is 22.7. The van der Waals surface area contributed by atoms with Crippen molar-refractivity contribution < 1.29 is 4.74 Å². The van der Waals surface area contributed by atoms with E-state index in [-0.39, 0.29) is 6.10 Å². The van der Waals surface area contributed by atoms with Gasteiger partial charge in [-0.05, 0) is 155 Å². The number of benzene rings is 8. The van der Waals surface area contributed by atoms with Crippen LogP contribution in [0.1, 0.15) is 56.1 Å². The van der Waals surface area contributed by atoms with Gasteiger partial charge in [0, 0.05) is 51.1 Å². The van der Waals surface area contributed by atoms with E-state index in [1.54, 1.807) is 0 Å². The molecule has 0 N–H and O–H groups in total. The Morgan fingerprint density at radius 1 is 0.508 bits per heavy atom. The summed E-state index contributed by atoms with van der Waals surface area (Å²) in [4.78, 5) is 2.50. The summed E-state index contributed by atoms with van der Waals surface area (Å²) >= 11 is 0. The Labute approximate surface area is 380 Å². The SMILES string of the molecule is C1=C2c3ccc(C45CC6CC(CC(C6)C4)C5)cc3OC2CC(N(c2cccc(-c3cccc4cccc(-c5ccccc5)c34)c2)c2ccc3c4ccccc4n(-c4ccccc4)c3c2)=C1. The number of para-hydroxylation sites is 2. The Balaban J connectivity index is 0.908. The molecule has 9 aromatic rings. The van der Waals surface area contributed by atoms with Crippen LogP contribution in [0.25, 0.3) is 66.1 Å². The lowest BCUT2D eigenvalue weighted by Crippen LogP contribution is -2.48. The van der Waals surface area contributed by atoms with Gasteiger partial charge in [0.1, 0.15) is 11.9 Å². The van der Waals surface area contributed by atoms with Gasteiger partial charge in [-0.3, -0.25) is 0 Å². The molecule has 1 aliphatic heterocycles. The van der Waals surface area contributed by atoms with Crippen LogP contribution in [-0.4, -0.2) is 10.7 Å². The van der Waals surface area contributed by atoms with Crippen LogP contribution in [0.5, 0.6) is 5.75 Å². The smallest absolute Gasteiger partial charge is 0.130 e. The first-order valence-electron chi connectivity index (χ1n) is 23.9. The maximum absolute atomic E-state index is 7.11. The van der Waals surface area contributed by atoms with Gasteiger partial charge in [0.05, 0.1) is 11.0 Å². The molecular weight excluding hydrogens is 789 g/mol. The molecule has 0 spiro atoms. The Morgan fingerprint density at radius 3 is 1.95 bits per heavy atom. The van der Waals surface area contributed by atoms with Gasteiger partial charge in [0.15, 0.2) is 0 Å². The third-order valence-corrected chi connectivity index (χ3v) is 16.0. The Bertz CT molecular complexity index is 3390. The first-order valence-corrected chi connectivity index (χ1v) is 23.9. The summed E-state index contributed by atoms with van der Waals surface area (Å²) in [5.41, 5.74) is 16.4. The Kier molecular flexibility index (Phi) is 8.29. The first-order chi connectivity index (χ1) is 32.1. The molecule has 0 amide bonds. The average Bonchev–Trinajstić information content (AvgIpc) is 3.88. The number of rotatable bonds is 7. The molecule has 3 heteroatoms. The van der Waals surface area contributed by atoms with Gasteiger partial charge < -0.3 is 14.2 Å². The number of hydrogen-bond acceptors (Lipinski definition) is 2. The van der Waals surface area contributed by atoms with Crippen LogP contribution < -0.4 is 9.64 Å². The zero-order valence-electron chi connectivity index (χ0n) is 36.5. The van der Waals surface area contributed by atoms with Crippen LogP contribution in [0, 0.1) is 17.8 Å². The molecule has 4 fully saturated rings. The minimum atomic E-state index is -0.0479. The molecule has 6 aliphatic rings. The monoisotopic (exact) mass is 838 g/mol. The molecule has 314 valence electrons. The van der Waals surface area contributed by atoms with E-state index >= 15 is 0 Å². The van der Waals surface area contributed by atoms with E-state index in [1.165, 1.54) is 116 Å². The maximum atomic E-state index is 7.11. The lowest BCUT2D eigenvalue weighted by molar-refractivity contribution is -0.00528. The second kappa shape index (κ2) is 14.5. The van der Waals surface area contributed by atoms with Crippen LogP contribution in [-0.2, 0) is 5.41 Å². The summed E-state index contributed by atoms with van der Waals surface area (Å²) in [6, 6.07) is 67.4. The number of ether oxygens (including phenoxy) is 1. The molecule has 1 unspecified atom stereocenters. The van der Waals surface area contributed by atoms with Crippen LogP contribution in [0.15, 0.2) is 200 Å². The van der Waals surface area contributed by atoms with Crippen LogP contribution in [0.4, 0.5) is 11.4 Å². The number of hydrogen-bond donors (Lipinski definition) is 0. The lowest BCUT2D eigenvalue weighted by Gasteiger charge is -2.57. The number of allylic oxidation sites excluding steroid dienone is 2. The van der Waals surface area contributed by atoms with E-state index in [2.05, 4.69) is 204 Å². The zero-order valence-corrected chi connectivity index (χ0v) is 36.5. The standard InChI is InChI=1S/C62H50N2O/c1-3-12-43(13-4-1)51-21-10-14-44-15-11-22-52(61(44)51)45-16-9-19-48(33-45)63(49-25-28-54-53-20-7-8-23-57(53)64(58(54)35-49)47-17-5-2-6-18-47)50-26-29-56-55-27-24-46(34-59(55)65-60(56)36-50)62-37-40-30-41(38-62)32-42(31-40)39-62/h1-29,33-35,40-42,60H,30-32,36-39H2. The Morgan fingerprint density at radius 2 is 1.17 bits per heavy atom. The van der Waals surface area contributed by atoms with Crippen molar-refractivity contribution in [2.24, 2.45) is 17.8 Å². The molecule has 4 bridgehead atoms. The van der Waals surface area contributed by atoms with Crippen molar-refractivity contribution >= 4 is 49.5 Å². The van der Waals surface area contributed by atoms with Crippen LogP contribution >= 0.6 is 0 Å². The number of nitrogens with zero attached hydrogens (tertiary/aromatic N) is 2. The second-order valence-corrected chi connectivity index (χ2v) is 19.9. The van der Waals surface area contributed by atoms with E-state index in [9.17, 15) is 0 Å². The topological polar surface area (TPSA) is 17.4 Å². The van der Waals surface area contributed by atoms with Gasteiger partial charge in [-0.15, -0.1) is 0 Å². The molecule has 2 heterocycles. The van der Waals surface area contributed by atoms with Gasteiger partial charge >= 0.3 is 0 Å². The van der Waals surface area contributed by atoms with Crippen LogP contribution in [0.3, 0.4) is 0 Å². The lowest BCUT2D eigenvalue weighted by atomic mass is 9.48. The highest BCUT2D eigenvalue weighted by Gasteiger charge is 2.52. The van der Waals surface area contributed by atoms with Crippen molar-refractivity contribution in [1.29, 1.82) is 0 Å². The summed E-state index contributed by atoms with van der Waals surface area (Å²) < 4.78 is 9.54. The fourth-order valence-electron chi connectivity index (χ4n) is 13.7. The van der Waals surface area contributed by atoms with Crippen molar-refractivity contribution in [3.63, 3.8) is 0 Å². The van der Waals surface area contributed by atoms with Gasteiger partial charge in [-0.2, -0.15) is 0 Å². The van der Waals surface area contributed by atoms with Gasteiger partial charge in [0.2, 0.25) is 0 Å². The summed E-state index contributed by atoms with van der Waals surface area (Å²) in [5, 5.41) is 5.01. The highest BCUT2D eigenvalue weighted by Crippen LogP contribution is 2.61. The molecule has 65 heavy (non-hydrogen) atoms. The number of anilines is 2. The van der Waals surface area contributed by atoms with Crippen molar-refractivity contribution in [2.45, 2.75) is 56.5 Å². The van der Waals surface area contributed by atoms with Gasteiger partial charge in [-0.1, -0.05) is 140 Å². The van der Waals surface area contributed by atoms with E-state index in [1.807, 2.05) is 0 Å². The molecule has 1 atom stereocenters. The summed E-state index contributed by atoms with van der Waals surface area (Å²) in [6.45, 7) is 0. The molecule has 3 nitrogen and oxygen atoms in total. The molecule has 8 aromatic carbocycles. The van der Waals surface area contributed by atoms with E-state index in [4.69, 9.17) is 4.74 Å². The quantitative estimate of drug-likeness (QED) is 0.159. The van der Waals surface area contributed by atoms with Crippen molar-refractivity contribution in [3.05, 3.63) is 211 Å². The minimum Gasteiger partial charge on any atom is -0.485 e. The Hall–Kier alpha value is -7.10. The first kappa shape index (κ1) is 37.3. The molecular formula is C62H50N2O. The molecule has 15 rings (SSSR count). The van der Waals surface area contributed by atoms with E-state index in [0.717, 1.165) is 47.0 Å². The van der Waals surface area contributed by atoms with Crippen molar-refractivity contribution in [3.8, 4) is 33.7 Å². The zero-order chi connectivity index (χ0) is 42.6. The number of fused-ring (bicyclic) bond motifs is 7. The molecule has 1 aromatic heterocycles. The van der Waals surface area contributed by atoms with Crippen molar-refractivity contribution in [1.82, 2.24) is 4.57 Å². The fourth-order valence-corrected chi connectivity index (χ4v) is 13.7. The second-order valence-electron chi connectivity index (χ2n) is 19.9. The predicted molar refractivity (Wildman–Crippen MR) is 269 cm³/mol. The molecule has 0 saturated heterocycles. The minimum absolute atomic E-state index is 0.0479. The van der Waals surface area contributed by atoms with Gasteiger partial charge in [0.25, 0.3) is 0 Å². The van der Waals surface area contributed by atoms with E-state index < -0.39 is 0 Å². The van der Waals surface area contributed by atoms with Crippen molar-refractivity contribution in [2.75, 3.05) is 4.90 Å². The molecule has 4 saturated carbocycles. The number of aromatic nitrogens is 1. The highest BCUT2D eigenvalue weighted by molar-refractivity contribution is 6.10. The van der Waals surface area contributed by atoms with Gasteiger partial charge in [-0.25, -0.2) is 0 Å². The molecule has 0 radical (unpaired) electrons.